The number of aromatic nitrogens is 2. The molecule has 0 saturated heterocycles. The first kappa shape index (κ1) is 22.7. The van der Waals surface area contributed by atoms with Crippen molar-refractivity contribution in [1.82, 2.24) is 14.9 Å². The molecule has 1 atom stereocenters. The van der Waals surface area contributed by atoms with Crippen molar-refractivity contribution in [2.75, 3.05) is 6.61 Å². The van der Waals surface area contributed by atoms with Crippen LogP contribution in [0.1, 0.15) is 36.5 Å². The molecule has 1 unspecified atom stereocenters. The maximum absolute atomic E-state index is 13.8. The lowest BCUT2D eigenvalue weighted by atomic mass is 10.2. The van der Waals surface area contributed by atoms with Gasteiger partial charge in [0.1, 0.15) is 16.3 Å². The molecule has 7 nitrogen and oxygen atoms in total. The number of aryl methyl sites for hydroxylation is 2. The Labute approximate surface area is 205 Å². The highest BCUT2D eigenvalue weighted by Gasteiger charge is 2.26. The van der Waals surface area contributed by atoms with Crippen molar-refractivity contribution in [1.29, 1.82) is 0 Å². The molecule has 0 aliphatic heterocycles. The fourth-order valence-corrected chi connectivity index (χ4v) is 6.39. The zero-order chi connectivity index (χ0) is 23.7. The van der Waals surface area contributed by atoms with Crippen molar-refractivity contribution < 1.29 is 13.9 Å². The van der Waals surface area contributed by atoms with Crippen molar-refractivity contribution >= 4 is 39.2 Å². The van der Waals surface area contributed by atoms with Crippen molar-refractivity contribution in [3.63, 3.8) is 0 Å². The van der Waals surface area contributed by atoms with Gasteiger partial charge >= 0.3 is 0 Å². The molecule has 0 bridgehead atoms. The van der Waals surface area contributed by atoms with E-state index in [1.54, 1.807) is 28.2 Å². The second kappa shape index (κ2) is 9.68. The molecule has 176 valence electrons. The van der Waals surface area contributed by atoms with Gasteiger partial charge in [-0.25, -0.2) is 4.98 Å². The number of carbonyl (C=O) groups is 1. The Hall–Kier alpha value is -3.04. The van der Waals surface area contributed by atoms with E-state index in [9.17, 15) is 9.59 Å². The molecular formula is C25H25N3O4S2. The molecule has 0 saturated carbocycles. The number of carbonyl (C=O) groups excluding carboxylic acids is 1. The Morgan fingerprint density at radius 1 is 1.29 bits per heavy atom. The molecule has 9 heteroatoms. The van der Waals surface area contributed by atoms with Gasteiger partial charge in [0.05, 0.1) is 35.7 Å². The summed E-state index contributed by atoms with van der Waals surface area (Å²) in [6, 6.07) is 11.0. The summed E-state index contributed by atoms with van der Waals surface area (Å²) < 4.78 is 12.5. The highest BCUT2D eigenvalue weighted by molar-refractivity contribution is 8.00. The van der Waals surface area contributed by atoms with Crippen LogP contribution in [0.15, 0.2) is 57.0 Å². The molecule has 1 aromatic carbocycles. The number of nitrogens with one attached hydrogen (secondary N) is 1. The normalized spacial score (nSPS) is 13.7. The number of fused-ring (bicyclic) bond motifs is 3. The highest BCUT2D eigenvalue weighted by Crippen LogP contribution is 2.36. The van der Waals surface area contributed by atoms with E-state index < -0.39 is 5.25 Å². The van der Waals surface area contributed by atoms with Crippen LogP contribution in [0, 0.1) is 0 Å². The lowest BCUT2D eigenvalue weighted by Gasteiger charge is -2.16. The fourth-order valence-electron chi connectivity index (χ4n) is 4.13. The number of rotatable bonds is 8. The molecule has 5 rings (SSSR count). The third kappa shape index (κ3) is 4.37. The standard InChI is InChI=1S/C25H25N3O4S2/c1-3-31-17-11-9-16(10-12-17)28-24(30)21-19-7-4-8-20(19)34-23(21)27-25(28)33-15(2)22(29)26-14-18-6-5-13-32-18/h5-6,9-13,15H,3-4,7-8,14H2,1-2H3,(H,26,29). The summed E-state index contributed by atoms with van der Waals surface area (Å²) in [5.41, 5.74) is 1.75. The number of thiophene rings is 1. The van der Waals surface area contributed by atoms with E-state index in [1.165, 1.54) is 16.6 Å². The molecule has 34 heavy (non-hydrogen) atoms. The van der Waals surface area contributed by atoms with E-state index in [0.29, 0.717) is 35.1 Å². The molecule has 0 spiro atoms. The molecule has 1 N–H and O–H groups in total. The van der Waals surface area contributed by atoms with Crippen LogP contribution in [0.2, 0.25) is 0 Å². The van der Waals surface area contributed by atoms with E-state index in [1.807, 2.05) is 44.2 Å². The molecule has 0 radical (unpaired) electrons. The van der Waals surface area contributed by atoms with Crippen LogP contribution in [0.4, 0.5) is 0 Å². The number of ether oxygens (including phenoxy) is 1. The maximum atomic E-state index is 13.8. The number of thioether (sulfide) groups is 1. The molecule has 1 amide bonds. The molecule has 3 heterocycles. The van der Waals surface area contributed by atoms with Crippen molar-refractivity contribution in [3.8, 4) is 11.4 Å². The van der Waals surface area contributed by atoms with Gasteiger partial charge in [0.25, 0.3) is 5.56 Å². The zero-order valence-electron chi connectivity index (χ0n) is 19.0. The summed E-state index contributed by atoms with van der Waals surface area (Å²) >= 11 is 2.88. The molecule has 1 aliphatic rings. The second-order valence-electron chi connectivity index (χ2n) is 8.06. The Morgan fingerprint density at radius 3 is 2.85 bits per heavy atom. The van der Waals surface area contributed by atoms with Crippen molar-refractivity contribution in [3.05, 3.63) is 69.2 Å². The summed E-state index contributed by atoms with van der Waals surface area (Å²) in [6.45, 7) is 4.63. The minimum Gasteiger partial charge on any atom is -0.494 e. The number of amides is 1. The number of hydrogen-bond acceptors (Lipinski definition) is 7. The first-order valence-electron chi connectivity index (χ1n) is 11.3. The third-order valence-corrected chi connectivity index (χ3v) is 8.02. The SMILES string of the molecule is CCOc1ccc(-n2c(SC(C)C(=O)NCc3ccco3)nc3sc4c(c3c2=O)CCC4)cc1. The number of furan rings is 1. The predicted molar refractivity (Wildman–Crippen MR) is 134 cm³/mol. The Morgan fingerprint density at radius 2 is 2.12 bits per heavy atom. The van der Waals surface area contributed by atoms with Gasteiger partial charge in [-0.05, 0) is 75.1 Å². The molecular weight excluding hydrogens is 470 g/mol. The fraction of sp³-hybridized carbons (Fsp3) is 0.320. The summed E-state index contributed by atoms with van der Waals surface area (Å²) in [7, 11) is 0. The van der Waals surface area contributed by atoms with Gasteiger partial charge in [0, 0.05) is 4.88 Å². The van der Waals surface area contributed by atoms with Gasteiger partial charge in [0.2, 0.25) is 5.91 Å². The summed E-state index contributed by atoms with van der Waals surface area (Å²) in [6.07, 6.45) is 4.55. The third-order valence-electron chi connectivity index (χ3n) is 5.78. The van der Waals surface area contributed by atoms with Crippen molar-refractivity contribution in [2.45, 2.75) is 50.1 Å². The van der Waals surface area contributed by atoms with Crippen molar-refractivity contribution in [2.24, 2.45) is 0 Å². The van der Waals surface area contributed by atoms with Gasteiger partial charge in [-0.1, -0.05) is 11.8 Å². The van der Waals surface area contributed by atoms with Crippen LogP contribution in [-0.2, 0) is 24.2 Å². The van der Waals surface area contributed by atoms with E-state index >= 15 is 0 Å². The van der Waals surface area contributed by atoms with Crippen LogP contribution < -0.4 is 15.6 Å². The Bertz CT molecular complexity index is 1370. The van der Waals surface area contributed by atoms with E-state index in [4.69, 9.17) is 14.1 Å². The highest BCUT2D eigenvalue weighted by atomic mass is 32.2. The average Bonchev–Trinajstić information content (AvgIpc) is 3.56. The van der Waals surface area contributed by atoms with E-state index in [-0.39, 0.29) is 11.5 Å². The van der Waals surface area contributed by atoms with Gasteiger partial charge in [0.15, 0.2) is 5.16 Å². The maximum Gasteiger partial charge on any atom is 0.267 e. The number of hydrogen-bond donors (Lipinski definition) is 1. The largest absolute Gasteiger partial charge is 0.494 e. The van der Waals surface area contributed by atoms with Gasteiger partial charge < -0.3 is 14.5 Å². The summed E-state index contributed by atoms with van der Waals surface area (Å²) in [4.78, 5) is 33.4. The first-order valence-corrected chi connectivity index (χ1v) is 13.0. The van der Waals surface area contributed by atoms with E-state index in [0.717, 1.165) is 35.4 Å². The quantitative estimate of drug-likeness (QED) is 0.281. The predicted octanol–water partition coefficient (Wildman–Crippen LogP) is 4.72. The molecule has 0 fully saturated rings. The second-order valence-corrected chi connectivity index (χ2v) is 10.4. The van der Waals surface area contributed by atoms with Gasteiger partial charge in [-0.15, -0.1) is 11.3 Å². The topological polar surface area (TPSA) is 86.4 Å². The average molecular weight is 496 g/mol. The minimum atomic E-state index is -0.458. The smallest absolute Gasteiger partial charge is 0.267 e. The first-order chi connectivity index (χ1) is 16.5. The lowest BCUT2D eigenvalue weighted by molar-refractivity contribution is -0.120. The molecule has 3 aromatic heterocycles. The van der Waals surface area contributed by atoms with Crippen LogP contribution in [0.5, 0.6) is 5.75 Å². The minimum absolute atomic E-state index is 0.0840. The van der Waals surface area contributed by atoms with Crippen LogP contribution in [0.3, 0.4) is 0 Å². The Kier molecular flexibility index (Phi) is 6.47. The van der Waals surface area contributed by atoms with Gasteiger partial charge in [-0.2, -0.15) is 0 Å². The molecule has 1 aliphatic carbocycles. The number of benzene rings is 1. The summed E-state index contributed by atoms with van der Waals surface area (Å²) in [5.74, 6) is 1.27. The number of nitrogens with zero attached hydrogens (tertiary/aromatic N) is 2. The van der Waals surface area contributed by atoms with E-state index in [2.05, 4.69) is 5.32 Å². The van der Waals surface area contributed by atoms with Gasteiger partial charge in [-0.3, -0.25) is 14.2 Å². The monoisotopic (exact) mass is 495 g/mol. The van der Waals surface area contributed by atoms with Crippen LogP contribution in [-0.4, -0.2) is 27.3 Å². The summed E-state index contributed by atoms with van der Waals surface area (Å²) in [5, 5.41) is 3.64. The Balaban J connectivity index is 1.51. The van der Waals surface area contributed by atoms with Crippen LogP contribution in [0.25, 0.3) is 15.9 Å². The van der Waals surface area contributed by atoms with Crippen LogP contribution >= 0.6 is 23.1 Å². The zero-order valence-corrected chi connectivity index (χ0v) is 20.6. The molecule has 4 aromatic rings. The lowest BCUT2D eigenvalue weighted by Crippen LogP contribution is -2.31.